The number of ether oxygens (including phenoxy) is 1. The normalized spacial score (nSPS) is 11.0. The van der Waals surface area contributed by atoms with Gasteiger partial charge >= 0.3 is 5.97 Å². The van der Waals surface area contributed by atoms with Gasteiger partial charge in [-0.2, -0.15) is 0 Å². The Morgan fingerprint density at radius 1 is 1.28 bits per heavy atom. The molecule has 0 saturated carbocycles. The minimum absolute atomic E-state index is 0.155. The Morgan fingerprint density at radius 3 is 2.76 bits per heavy atom. The number of carbonyl (C=O) groups excluding carboxylic acids is 1. The van der Waals surface area contributed by atoms with Gasteiger partial charge in [-0.15, -0.1) is 0 Å². The first-order valence-corrected chi connectivity index (χ1v) is 8.14. The quantitative estimate of drug-likeness (QED) is 0.682. The molecule has 0 radical (unpaired) electrons. The number of furan rings is 1. The van der Waals surface area contributed by atoms with Crippen molar-refractivity contribution in [3.05, 3.63) is 62.9 Å². The van der Waals surface area contributed by atoms with E-state index >= 15 is 0 Å². The zero-order valence-corrected chi connectivity index (χ0v) is 14.8. The predicted molar refractivity (Wildman–Crippen MR) is 94.0 cm³/mol. The van der Waals surface area contributed by atoms with E-state index in [-0.39, 0.29) is 28.8 Å². The second-order valence-electron chi connectivity index (χ2n) is 6.04. The number of carbonyl (C=O) groups is 1. The van der Waals surface area contributed by atoms with Crippen LogP contribution in [0.15, 0.2) is 33.7 Å². The van der Waals surface area contributed by atoms with Crippen molar-refractivity contribution in [2.45, 2.75) is 34.2 Å². The summed E-state index contributed by atoms with van der Waals surface area (Å²) in [4.78, 5) is 29.3. The van der Waals surface area contributed by atoms with Crippen molar-refractivity contribution >= 4 is 17.1 Å². The number of fused-ring (bicyclic) bond motifs is 1. The number of nitrogens with zero attached hydrogens (tertiary/aromatic N) is 2. The van der Waals surface area contributed by atoms with Crippen molar-refractivity contribution < 1.29 is 13.9 Å². The fraction of sp³-hybridized carbons (Fsp3) is 0.316. The van der Waals surface area contributed by atoms with Gasteiger partial charge in [0.05, 0.1) is 13.2 Å². The lowest BCUT2D eigenvalue weighted by Gasteiger charge is -2.09. The van der Waals surface area contributed by atoms with Crippen LogP contribution in [0.25, 0.3) is 11.1 Å². The highest BCUT2D eigenvalue weighted by atomic mass is 16.5. The number of hydrogen-bond acceptors (Lipinski definition) is 5. The van der Waals surface area contributed by atoms with E-state index in [0.29, 0.717) is 12.3 Å². The molecule has 3 rings (SSSR count). The smallest absolute Gasteiger partial charge is 0.342 e. The van der Waals surface area contributed by atoms with Crippen molar-refractivity contribution in [3.63, 3.8) is 0 Å². The molecule has 0 fully saturated rings. The van der Waals surface area contributed by atoms with E-state index in [1.807, 2.05) is 32.0 Å². The summed E-state index contributed by atoms with van der Waals surface area (Å²) in [5.74, 6) is -0.232. The maximum atomic E-state index is 12.9. The monoisotopic (exact) mass is 340 g/mol. The van der Waals surface area contributed by atoms with Crippen molar-refractivity contribution in [1.82, 2.24) is 9.55 Å². The molecule has 25 heavy (non-hydrogen) atoms. The summed E-state index contributed by atoms with van der Waals surface area (Å²) in [5.41, 5.74) is 3.24. The van der Waals surface area contributed by atoms with Gasteiger partial charge in [0, 0.05) is 0 Å². The van der Waals surface area contributed by atoms with Gasteiger partial charge in [0.25, 0.3) is 5.56 Å². The summed E-state index contributed by atoms with van der Waals surface area (Å²) in [6.07, 6.45) is 1.45. The fourth-order valence-corrected chi connectivity index (χ4v) is 2.85. The molecule has 0 spiro atoms. The summed E-state index contributed by atoms with van der Waals surface area (Å²) in [6.45, 7) is 7.95. The Balaban J connectivity index is 2.13. The largest absolute Gasteiger partial charge is 0.462 e. The van der Waals surface area contributed by atoms with E-state index in [0.717, 1.165) is 16.7 Å². The summed E-state index contributed by atoms with van der Waals surface area (Å²) < 4.78 is 12.0. The summed E-state index contributed by atoms with van der Waals surface area (Å²) in [7, 11) is 0. The van der Waals surface area contributed by atoms with Crippen LogP contribution in [0, 0.1) is 20.8 Å². The number of aromatic nitrogens is 2. The average Bonchev–Trinajstić information content (AvgIpc) is 2.90. The van der Waals surface area contributed by atoms with Gasteiger partial charge in [-0.3, -0.25) is 9.36 Å². The molecule has 130 valence electrons. The highest BCUT2D eigenvalue weighted by molar-refractivity contribution is 6.03. The standard InChI is InChI=1S/C19H20N2O4/c1-5-24-19(23)15-13(4)25-17-16(15)18(22)21(10-20-17)9-14-8-11(2)6-7-12(14)3/h6-8,10H,5,9H2,1-4H3. The summed E-state index contributed by atoms with van der Waals surface area (Å²) in [5, 5.41) is 0.170. The fourth-order valence-electron chi connectivity index (χ4n) is 2.85. The zero-order valence-electron chi connectivity index (χ0n) is 14.8. The Bertz CT molecular complexity index is 1010. The molecule has 1 aromatic carbocycles. The van der Waals surface area contributed by atoms with Crippen LogP contribution in [0.3, 0.4) is 0 Å². The highest BCUT2D eigenvalue weighted by Gasteiger charge is 2.23. The van der Waals surface area contributed by atoms with Crippen LogP contribution in [0.1, 0.15) is 39.7 Å². The highest BCUT2D eigenvalue weighted by Crippen LogP contribution is 2.22. The lowest BCUT2D eigenvalue weighted by Crippen LogP contribution is -2.23. The van der Waals surface area contributed by atoms with E-state index in [1.54, 1.807) is 13.8 Å². The first-order valence-electron chi connectivity index (χ1n) is 8.14. The predicted octanol–water partition coefficient (Wildman–Crippen LogP) is 3.14. The van der Waals surface area contributed by atoms with Crippen molar-refractivity contribution in [1.29, 1.82) is 0 Å². The van der Waals surface area contributed by atoms with Crippen molar-refractivity contribution in [2.75, 3.05) is 6.61 Å². The van der Waals surface area contributed by atoms with Crippen LogP contribution < -0.4 is 5.56 Å². The number of benzene rings is 1. The van der Waals surface area contributed by atoms with Gasteiger partial charge < -0.3 is 9.15 Å². The van der Waals surface area contributed by atoms with Gasteiger partial charge in [0.2, 0.25) is 5.71 Å². The van der Waals surface area contributed by atoms with E-state index in [2.05, 4.69) is 4.98 Å². The Labute approximate surface area is 145 Å². The number of aryl methyl sites for hydroxylation is 3. The molecule has 0 atom stereocenters. The SMILES string of the molecule is CCOC(=O)c1c(C)oc2ncn(Cc3cc(C)ccc3C)c(=O)c12. The Hall–Kier alpha value is -2.89. The lowest BCUT2D eigenvalue weighted by atomic mass is 10.1. The van der Waals surface area contributed by atoms with E-state index in [4.69, 9.17) is 9.15 Å². The Morgan fingerprint density at radius 2 is 2.04 bits per heavy atom. The lowest BCUT2D eigenvalue weighted by molar-refractivity contribution is 0.0526. The molecule has 3 aromatic rings. The second kappa shape index (κ2) is 6.55. The van der Waals surface area contributed by atoms with Crippen LogP contribution in [-0.4, -0.2) is 22.1 Å². The van der Waals surface area contributed by atoms with Crippen LogP contribution in [-0.2, 0) is 11.3 Å². The molecule has 0 aliphatic carbocycles. The van der Waals surface area contributed by atoms with Crippen LogP contribution in [0.4, 0.5) is 0 Å². The van der Waals surface area contributed by atoms with Gasteiger partial charge in [-0.05, 0) is 38.8 Å². The molecule has 0 aliphatic rings. The summed E-state index contributed by atoms with van der Waals surface area (Å²) >= 11 is 0. The maximum absolute atomic E-state index is 12.9. The minimum atomic E-state index is -0.567. The molecule has 6 heteroatoms. The Kier molecular flexibility index (Phi) is 4.44. The number of esters is 1. The molecule has 0 N–H and O–H groups in total. The van der Waals surface area contributed by atoms with Gasteiger partial charge in [0.15, 0.2) is 0 Å². The third kappa shape index (κ3) is 3.07. The third-order valence-electron chi connectivity index (χ3n) is 4.18. The zero-order chi connectivity index (χ0) is 18.1. The molecule has 2 heterocycles. The van der Waals surface area contributed by atoms with E-state index < -0.39 is 5.97 Å². The van der Waals surface area contributed by atoms with Crippen molar-refractivity contribution in [3.8, 4) is 0 Å². The molecule has 6 nitrogen and oxygen atoms in total. The molecule has 0 saturated heterocycles. The molecular formula is C19H20N2O4. The minimum Gasteiger partial charge on any atom is -0.462 e. The molecule has 0 aliphatic heterocycles. The first-order chi connectivity index (χ1) is 11.9. The van der Waals surface area contributed by atoms with Crippen molar-refractivity contribution in [2.24, 2.45) is 0 Å². The van der Waals surface area contributed by atoms with Gasteiger partial charge in [0.1, 0.15) is 23.0 Å². The van der Waals surface area contributed by atoms with E-state index in [1.165, 1.54) is 10.9 Å². The first kappa shape index (κ1) is 17.0. The maximum Gasteiger partial charge on any atom is 0.342 e. The van der Waals surface area contributed by atoms with Gasteiger partial charge in [-0.1, -0.05) is 23.8 Å². The summed E-state index contributed by atoms with van der Waals surface area (Å²) in [6, 6.07) is 6.09. The van der Waals surface area contributed by atoms with Crippen LogP contribution in [0.5, 0.6) is 0 Å². The molecule has 0 unspecified atom stereocenters. The van der Waals surface area contributed by atoms with Gasteiger partial charge in [-0.25, -0.2) is 9.78 Å². The molecule has 2 aromatic heterocycles. The molecular weight excluding hydrogens is 320 g/mol. The van der Waals surface area contributed by atoms with Crippen LogP contribution in [0.2, 0.25) is 0 Å². The number of rotatable bonds is 4. The van der Waals surface area contributed by atoms with Crippen LogP contribution >= 0.6 is 0 Å². The number of hydrogen-bond donors (Lipinski definition) is 0. The second-order valence-corrected chi connectivity index (χ2v) is 6.04. The third-order valence-corrected chi connectivity index (χ3v) is 4.18. The van der Waals surface area contributed by atoms with E-state index in [9.17, 15) is 9.59 Å². The molecule has 0 amide bonds. The topological polar surface area (TPSA) is 74.3 Å². The molecule has 0 bridgehead atoms. The average molecular weight is 340 g/mol.